The lowest BCUT2D eigenvalue weighted by Crippen LogP contribution is -2.43. The molecule has 0 unspecified atom stereocenters. The molecule has 2 N–H and O–H groups in total. The standard InChI is InChI=1S/C22H22BrN3O4/c23-17-7-9-19(10-8-17)26(20(27)11-6-16-4-2-1-3-5-16)15-21(28)25-13-12-18(14-25)24-22(29)30/h1-11,18,24H,12-15H2,(H,29,30)/b11-6+/t18-/m0/s1. The zero-order valence-corrected chi connectivity index (χ0v) is 17.8. The third-order valence-electron chi connectivity index (χ3n) is 4.78. The summed E-state index contributed by atoms with van der Waals surface area (Å²) in [5, 5.41) is 11.3. The van der Waals surface area contributed by atoms with Crippen molar-refractivity contribution >= 4 is 45.6 Å². The highest BCUT2D eigenvalue weighted by molar-refractivity contribution is 9.10. The van der Waals surface area contributed by atoms with E-state index in [2.05, 4.69) is 21.2 Å². The van der Waals surface area contributed by atoms with Crippen molar-refractivity contribution < 1.29 is 19.5 Å². The molecule has 3 amide bonds. The topological polar surface area (TPSA) is 89.9 Å². The number of anilines is 1. The van der Waals surface area contributed by atoms with Gasteiger partial charge in [0.15, 0.2) is 0 Å². The number of amides is 3. The molecule has 1 fully saturated rings. The monoisotopic (exact) mass is 471 g/mol. The first-order valence-electron chi connectivity index (χ1n) is 9.50. The van der Waals surface area contributed by atoms with E-state index < -0.39 is 6.09 Å². The van der Waals surface area contributed by atoms with Crippen molar-refractivity contribution in [3.63, 3.8) is 0 Å². The molecule has 1 saturated heterocycles. The van der Waals surface area contributed by atoms with Gasteiger partial charge in [-0.15, -0.1) is 0 Å². The van der Waals surface area contributed by atoms with Gasteiger partial charge in [0.1, 0.15) is 6.54 Å². The lowest BCUT2D eigenvalue weighted by atomic mass is 10.2. The molecule has 1 aliphatic heterocycles. The molecule has 2 aromatic carbocycles. The molecule has 1 aliphatic rings. The highest BCUT2D eigenvalue weighted by Gasteiger charge is 2.29. The molecule has 0 aromatic heterocycles. The van der Waals surface area contributed by atoms with Crippen molar-refractivity contribution in [3.8, 4) is 0 Å². The van der Waals surface area contributed by atoms with Crippen LogP contribution in [0.5, 0.6) is 0 Å². The number of nitrogens with zero attached hydrogens (tertiary/aromatic N) is 2. The largest absolute Gasteiger partial charge is 0.465 e. The summed E-state index contributed by atoms with van der Waals surface area (Å²) in [5.41, 5.74) is 1.49. The van der Waals surface area contributed by atoms with Crippen molar-refractivity contribution in [1.82, 2.24) is 10.2 Å². The molecule has 3 rings (SSSR count). The van der Waals surface area contributed by atoms with Crippen LogP contribution in [-0.4, -0.2) is 53.6 Å². The first-order valence-corrected chi connectivity index (χ1v) is 10.3. The smallest absolute Gasteiger partial charge is 0.404 e. The normalized spacial score (nSPS) is 15.9. The van der Waals surface area contributed by atoms with Crippen LogP contribution in [0.25, 0.3) is 6.08 Å². The maximum absolute atomic E-state index is 12.9. The molecule has 0 saturated carbocycles. The SMILES string of the molecule is O=C(O)N[C@H]1CCN(C(=O)CN(C(=O)/C=C/c2ccccc2)c2ccc(Br)cc2)C1. The van der Waals surface area contributed by atoms with Gasteiger partial charge in [0.25, 0.3) is 5.91 Å². The van der Waals surface area contributed by atoms with Gasteiger partial charge in [-0.25, -0.2) is 4.79 Å². The van der Waals surface area contributed by atoms with Crippen LogP contribution in [0.15, 0.2) is 65.1 Å². The quantitative estimate of drug-likeness (QED) is 0.631. The van der Waals surface area contributed by atoms with Crippen molar-refractivity contribution in [1.29, 1.82) is 0 Å². The fraction of sp³-hybridized carbons (Fsp3) is 0.227. The van der Waals surface area contributed by atoms with Gasteiger partial charge in [0.05, 0.1) is 6.04 Å². The number of carbonyl (C=O) groups is 3. The molecule has 30 heavy (non-hydrogen) atoms. The maximum Gasteiger partial charge on any atom is 0.404 e. The Morgan fingerprint density at radius 2 is 1.83 bits per heavy atom. The highest BCUT2D eigenvalue weighted by atomic mass is 79.9. The summed E-state index contributed by atoms with van der Waals surface area (Å²) in [5.74, 6) is -0.539. The second-order valence-electron chi connectivity index (χ2n) is 6.92. The number of likely N-dealkylation sites (tertiary alicyclic amines) is 1. The summed E-state index contributed by atoms with van der Waals surface area (Å²) in [4.78, 5) is 39.6. The van der Waals surface area contributed by atoms with Crippen molar-refractivity contribution in [3.05, 3.63) is 70.7 Å². The van der Waals surface area contributed by atoms with Gasteiger partial charge in [-0.3, -0.25) is 14.5 Å². The van der Waals surface area contributed by atoms with E-state index in [4.69, 9.17) is 5.11 Å². The molecule has 8 heteroatoms. The molecular formula is C22H22BrN3O4. The predicted octanol–water partition coefficient (Wildman–Crippen LogP) is 3.36. The molecule has 7 nitrogen and oxygen atoms in total. The zero-order chi connectivity index (χ0) is 21.5. The van der Waals surface area contributed by atoms with Gasteiger partial charge >= 0.3 is 6.09 Å². The Kier molecular flexibility index (Phi) is 7.24. The summed E-state index contributed by atoms with van der Waals surface area (Å²) in [6.07, 6.45) is 2.61. The van der Waals surface area contributed by atoms with Crippen molar-refractivity contribution in [2.24, 2.45) is 0 Å². The van der Waals surface area contributed by atoms with Crippen molar-refractivity contribution in [2.75, 3.05) is 24.5 Å². The number of carboxylic acid groups (broad SMARTS) is 1. The fourth-order valence-electron chi connectivity index (χ4n) is 3.25. The van der Waals surface area contributed by atoms with Gasteiger partial charge in [0.2, 0.25) is 5.91 Å². The lowest BCUT2D eigenvalue weighted by molar-refractivity contribution is -0.130. The van der Waals surface area contributed by atoms with E-state index in [1.54, 1.807) is 23.1 Å². The summed E-state index contributed by atoms with van der Waals surface area (Å²) in [6.45, 7) is 0.624. The van der Waals surface area contributed by atoms with E-state index in [1.165, 1.54) is 11.0 Å². The Bertz CT molecular complexity index is 931. The van der Waals surface area contributed by atoms with Crippen LogP contribution < -0.4 is 10.2 Å². The molecular weight excluding hydrogens is 450 g/mol. The number of hydrogen-bond acceptors (Lipinski definition) is 3. The van der Waals surface area contributed by atoms with Gasteiger partial charge in [-0.2, -0.15) is 0 Å². The third kappa shape index (κ3) is 5.93. The predicted molar refractivity (Wildman–Crippen MR) is 118 cm³/mol. The number of carbonyl (C=O) groups excluding carboxylic acids is 2. The number of rotatable bonds is 6. The lowest BCUT2D eigenvalue weighted by Gasteiger charge is -2.24. The molecule has 2 aromatic rings. The van der Waals surface area contributed by atoms with E-state index in [0.717, 1.165) is 10.0 Å². The molecule has 0 bridgehead atoms. The maximum atomic E-state index is 12.9. The molecule has 0 radical (unpaired) electrons. The number of halogens is 1. The average Bonchev–Trinajstić information content (AvgIpc) is 3.19. The third-order valence-corrected chi connectivity index (χ3v) is 5.31. The van der Waals surface area contributed by atoms with Crippen LogP contribution in [-0.2, 0) is 9.59 Å². The highest BCUT2D eigenvalue weighted by Crippen LogP contribution is 2.20. The minimum absolute atomic E-state index is 0.126. The van der Waals surface area contributed by atoms with E-state index in [1.807, 2.05) is 42.5 Å². The molecule has 1 atom stereocenters. The number of hydrogen-bond donors (Lipinski definition) is 2. The van der Waals surface area contributed by atoms with Gasteiger partial charge in [0, 0.05) is 29.3 Å². The Balaban J connectivity index is 1.74. The van der Waals surface area contributed by atoms with Crippen LogP contribution in [0, 0.1) is 0 Å². The Morgan fingerprint density at radius 1 is 1.13 bits per heavy atom. The van der Waals surface area contributed by atoms with Crippen LogP contribution in [0.4, 0.5) is 10.5 Å². The number of nitrogens with one attached hydrogen (secondary N) is 1. The van der Waals surface area contributed by atoms with Crippen molar-refractivity contribution in [2.45, 2.75) is 12.5 Å². The summed E-state index contributed by atoms with van der Waals surface area (Å²) >= 11 is 3.38. The molecule has 0 aliphatic carbocycles. The van der Waals surface area contributed by atoms with Crippen LogP contribution in [0.2, 0.25) is 0 Å². The van der Waals surface area contributed by atoms with E-state index in [0.29, 0.717) is 25.2 Å². The van der Waals surface area contributed by atoms with Crippen LogP contribution >= 0.6 is 15.9 Å². The van der Waals surface area contributed by atoms with E-state index in [-0.39, 0.29) is 24.4 Å². The Hall–Kier alpha value is -3.13. The van der Waals surface area contributed by atoms with Gasteiger partial charge in [-0.1, -0.05) is 46.3 Å². The van der Waals surface area contributed by atoms with E-state index in [9.17, 15) is 14.4 Å². The Labute approximate surface area is 183 Å². The van der Waals surface area contributed by atoms with Crippen LogP contribution in [0.1, 0.15) is 12.0 Å². The van der Waals surface area contributed by atoms with E-state index >= 15 is 0 Å². The minimum Gasteiger partial charge on any atom is -0.465 e. The number of benzene rings is 2. The second-order valence-corrected chi connectivity index (χ2v) is 7.84. The molecule has 1 heterocycles. The molecule has 156 valence electrons. The summed E-state index contributed by atoms with van der Waals surface area (Å²) in [6, 6.07) is 16.3. The second kappa shape index (κ2) is 10.1. The summed E-state index contributed by atoms with van der Waals surface area (Å²) in [7, 11) is 0. The average molecular weight is 472 g/mol. The fourth-order valence-corrected chi connectivity index (χ4v) is 3.52. The van der Waals surface area contributed by atoms with Gasteiger partial charge in [-0.05, 0) is 42.3 Å². The Morgan fingerprint density at radius 3 is 2.50 bits per heavy atom. The zero-order valence-electron chi connectivity index (χ0n) is 16.2. The first-order chi connectivity index (χ1) is 14.4. The first kappa shape index (κ1) is 21.6. The minimum atomic E-state index is -1.10. The summed E-state index contributed by atoms with van der Waals surface area (Å²) < 4.78 is 0.868. The van der Waals surface area contributed by atoms with Gasteiger partial charge < -0.3 is 15.3 Å². The van der Waals surface area contributed by atoms with Crippen LogP contribution in [0.3, 0.4) is 0 Å². The molecule has 0 spiro atoms.